The Hall–Kier alpha value is -2.54. The van der Waals surface area contributed by atoms with Crippen LogP contribution in [0.5, 0.6) is 0 Å². The van der Waals surface area contributed by atoms with Crippen LogP contribution in [0.4, 0.5) is 0 Å². The molecule has 1 amide bonds. The van der Waals surface area contributed by atoms with E-state index in [1.807, 2.05) is 30.5 Å². The van der Waals surface area contributed by atoms with Crippen LogP contribution >= 0.6 is 11.3 Å². The van der Waals surface area contributed by atoms with Crippen molar-refractivity contribution in [3.63, 3.8) is 0 Å². The van der Waals surface area contributed by atoms with E-state index >= 15 is 0 Å². The molecule has 23 heavy (non-hydrogen) atoms. The number of rotatable bonds is 5. The minimum atomic E-state index is -0.243. The summed E-state index contributed by atoms with van der Waals surface area (Å²) in [6.07, 6.45) is 0.529. The standard InChI is InChI=1S/C16H16N4O2S/c1-10-9-23-15(18-10)8-17-14(21)7-6-13-16(22)20-12-5-3-2-4-11(12)19-13/h2-5,9H,6-8H2,1H3,(H,17,21)(H,20,22). The van der Waals surface area contributed by atoms with Crippen LogP contribution in [0, 0.1) is 6.92 Å². The Bertz CT molecular complexity index is 900. The van der Waals surface area contributed by atoms with Crippen LogP contribution in [-0.4, -0.2) is 20.9 Å². The van der Waals surface area contributed by atoms with Gasteiger partial charge in [-0.25, -0.2) is 9.97 Å². The summed E-state index contributed by atoms with van der Waals surface area (Å²) in [5.41, 5.74) is 2.51. The average molecular weight is 328 g/mol. The second-order valence-electron chi connectivity index (χ2n) is 5.19. The number of para-hydroxylation sites is 2. The fraction of sp³-hybridized carbons (Fsp3) is 0.250. The van der Waals surface area contributed by atoms with Gasteiger partial charge < -0.3 is 10.3 Å². The predicted molar refractivity (Wildman–Crippen MR) is 89.4 cm³/mol. The number of fused-ring (bicyclic) bond motifs is 1. The Morgan fingerprint density at radius 2 is 2.13 bits per heavy atom. The van der Waals surface area contributed by atoms with E-state index in [1.54, 1.807) is 6.07 Å². The highest BCUT2D eigenvalue weighted by Crippen LogP contribution is 2.09. The van der Waals surface area contributed by atoms with Crippen molar-refractivity contribution in [3.05, 3.63) is 56.4 Å². The third kappa shape index (κ3) is 3.81. The average Bonchev–Trinajstić information content (AvgIpc) is 2.96. The lowest BCUT2D eigenvalue weighted by molar-refractivity contribution is -0.121. The lowest BCUT2D eigenvalue weighted by Gasteiger charge is -2.04. The lowest BCUT2D eigenvalue weighted by atomic mass is 10.2. The Balaban J connectivity index is 1.60. The van der Waals surface area contributed by atoms with Gasteiger partial charge in [-0.1, -0.05) is 12.1 Å². The molecule has 6 nitrogen and oxygen atoms in total. The van der Waals surface area contributed by atoms with Crippen LogP contribution in [0.1, 0.15) is 22.8 Å². The number of aryl methyl sites for hydroxylation is 2. The van der Waals surface area contributed by atoms with Crippen LogP contribution in [0.15, 0.2) is 34.4 Å². The predicted octanol–water partition coefficient (Wildman–Crippen LogP) is 1.94. The minimum Gasteiger partial charge on any atom is -0.350 e. The van der Waals surface area contributed by atoms with Gasteiger partial charge in [0.15, 0.2) is 0 Å². The Kier molecular flexibility index (Phi) is 4.47. The van der Waals surface area contributed by atoms with E-state index in [9.17, 15) is 9.59 Å². The van der Waals surface area contributed by atoms with Crippen molar-refractivity contribution < 1.29 is 4.79 Å². The highest BCUT2D eigenvalue weighted by atomic mass is 32.1. The first kappa shape index (κ1) is 15.4. The van der Waals surface area contributed by atoms with E-state index in [0.717, 1.165) is 16.2 Å². The van der Waals surface area contributed by atoms with E-state index in [4.69, 9.17) is 0 Å². The van der Waals surface area contributed by atoms with Crippen LogP contribution in [-0.2, 0) is 17.8 Å². The first-order valence-electron chi connectivity index (χ1n) is 7.27. The fourth-order valence-corrected chi connectivity index (χ4v) is 2.93. The molecule has 0 fully saturated rings. The van der Waals surface area contributed by atoms with E-state index in [2.05, 4.69) is 20.3 Å². The number of nitrogens with one attached hydrogen (secondary N) is 2. The van der Waals surface area contributed by atoms with E-state index in [-0.39, 0.29) is 17.9 Å². The number of carbonyl (C=O) groups is 1. The van der Waals surface area contributed by atoms with Crippen LogP contribution in [0.3, 0.4) is 0 Å². The molecular formula is C16H16N4O2S. The molecule has 0 saturated carbocycles. The second kappa shape index (κ2) is 6.70. The number of thiazole rings is 1. The quantitative estimate of drug-likeness (QED) is 0.749. The van der Waals surface area contributed by atoms with Gasteiger partial charge in [0.25, 0.3) is 5.56 Å². The molecule has 3 rings (SSSR count). The maximum atomic E-state index is 12.0. The van der Waals surface area contributed by atoms with Crippen molar-refractivity contribution in [2.75, 3.05) is 0 Å². The van der Waals surface area contributed by atoms with Gasteiger partial charge in [-0.05, 0) is 19.1 Å². The van der Waals surface area contributed by atoms with Gasteiger partial charge >= 0.3 is 0 Å². The normalized spacial score (nSPS) is 10.8. The molecule has 0 radical (unpaired) electrons. The topological polar surface area (TPSA) is 87.7 Å². The number of hydrogen-bond donors (Lipinski definition) is 2. The number of nitrogens with zero attached hydrogens (tertiary/aromatic N) is 2. The van der Waals surface area contributed by atoms with Crippen LogP contribution in [0.25, 0.3) is 11.0 Å². The number of benzene rings is 1. The molecule has 0 spiro atoms. The number of aromatic amines is 1. The van der Waals surface area contributed by atoms with Crippen molar-refractivity contribution in [2.24, 2.45) is 0 Å². The van der Waals surface area contributed by atoms with Gasteiger partial charge in [0, 0.05) is 23.9 Å². The lowest BCUT2D eigenvalue weighted by Crippen LogP contribution is -2.24. The third-order valence-electron chi connectivity index (χ3n) is 3.36. The fourth-order valence-electron chi connectivity index (χ4n) is 2.22. The molecule has 1 aromatic carbocycles. The summed E-state index contributed by atoms with van der Waals surface area (Å²) in [5, 5.41) is 5.63. The number of aromatic nitrogens is 3. The molecule has 0 unspecified atom stereocenters. The van der Waals surface area contributed by atoms with Gasteiger partial charge in [-0.15, -0.1) is 11.3 Å². The van der Waals surface area contributed by atoms with E-state index < -0.39 is 0 Å². The van der Waals surface area contributed by atoms with Gasteiger partial charge in [0.05, 0.1) is 17.6 Å². The van der Waals surface area contributed by atoms with Crippen molar-refractivity contribution in [1.29, 1.82) is 0 Å². The Labute approximate surface area is 136 Å². The van der Waals surface area contributed by atoms with Crippen molar-refractivity contribution >= 4 is 28.3 Å². The molecule has 2 heterocycles. The largest absolute Gasteiger partial charge is 0.350 e. The summed E-state index contributed by atoms with van der Waals surface area (Å²) in [4.78, 5) is 35.3. The molecule has 3 aromatic rings. The Morgan fingerprint density at radius 3 is 2.91 bits per heavy atom. The molecule has 118 valence electrons. The van der Waals surface area contributed by atoms with Gasteiger partial charge in [0.2, 0.25) is 5.91 Å². The summed E-state index contributed by atoms with van der Waals surface area (Å²) in [7, 11) is 0. The van der Waals surface area contributed by atoms with Crippen molar-refractivity contribution in [1.82, 2.24) is 20.3 Å². The number of amides is 1. The van der Waals surface area contributed by atoms with Crippen LogP contribution in [0.2, 0.25) is 0 Å². The molecule has 0 atom stereocenters. The SMILES string of the molecule is Cc1csc(CNC(=O)CCc2nc3ccccc3[nH]c2=O)n1. The summed E-state index contributed by atoms with van der Waals surface area (Å²) in [6.45, 7) is 2.33. The smallest absolute Gasteiger partial charge is 0.270 e. The maximum absolute atomic E-state index is 12.0. The minimum absolute atomic E-state index is 0.118. The number of hydrogen-bond acceptors (Lipinski definition) is 5. The molecule has 0 aliphatic heterocycles. The van der Waals surface area contributed by atoms with Crippen molar-refractivity contribution in [2.45, 2.75) is 26.3 Å². The van der Waals surface area contributed by atoms with Crippen molar-refractivity contribution in [3.8, 4) is 0 Å². The molecule has 0 saturated heterocycles. The highest BCUT2D eigenvalue weighted by Gasteiger charge is 2.09. The molecule has 2 aromatic heterocycles. The zero-order valence-corrected chi connectivity index (χ0v) is 13.4. The highest BCUT2D eigenvalue weighted by molar-refractivity contribution is 7.09. The molecule has 0 aliphatic carbocycles. The first-order valence-corrected chi connectivity index (χ1v) is 8.15. The van der Waals surface area contributed by atoms with Gasteiger partial charge in [-0.3, -0.25) is 9.59 Å². The number of H-pyrrole nitrogens is 1. The monoisotopic (exact) mass is 328 g/mol. The molecular weight excluding hydrogens is 312 g/mol. The Morgan fingerprint density at radius 1 is 1.30 bits per heavy atom. The maximum Gasteiger partial charge on any atom is 0.270 e. The summed E-state index contributed by atoms with van der Waals surface area (Å²) in [6, 6.07) is 7.34. The summed E-state index contributed by atoms with van der Waals surface area (Å²) < 4.78 is 0. The molecule has 7 heteroatoms. The summed E-state index contributed by atoms with van der Waals surface area (Å²) >= 11 is 1.52. The first-order chi connectivity index (χ1) is 11.1. The van der Waals surface area contributed by atoms with E-state index in [1.165, 1.54) is 11.3 Å². The van der Waals surface area contributed by atoms with Gasteiger partial charge in [-0.2, -0.15) is 0 Å². The second-order valence-corrected chi connectivity index (χ2v) is 6.13. The van der Waals surface area contributed by atoms with Gasteiger partial charge in [0.1, 0.15) is 10.7 Å². The van der Waals surface area contributed by atoms with E-state index in [0.29, 0.717) is 24.2 Å². The number of carbonyl (C=O) groups excluding carboxylic acids is 1. The zero-order chi connectivity index (χ0) is 16.2. The molecule has 0 bridgehead atoms. The van der Waals surface area contributed by atoms with Crippen LogP contribution < -0.4 is 10.9 Å². The molecule has 0 aliphatic rings. The third-order valence-corrected chi connectivity index (χ3v) is 4.33. The summed E-state index contributed by atoms with van der Waals surface area (Å²) in [5.74, 6) is -0.118. The molecule has 2 N–H and O–H groups in total. The zero-order valence-electron chi connectivity index (χ0n) is 12.6.